The van der Waals surface area contributed by atoms with Crippen molar-refractivity contribution in [2.75, 3.05) is 5.73 Å². The summed E-state index contributed by atoms with van der Waals surface area (Å²) in [6, 6.07) is 6.68. The van der Waals surface area contributed by atoms with Crippen LogP contribution in [0, 0.1) is 18.4 Å². The van der Waals surface area contributed by atoms with Crippen molar-refractivity contribution in [3.8, 4) is 33.8 Å². The summed E-state index contributed by atoms with van der Waals surface area (Å²) in [7, 11) is 0.105. The lowest BCUT2D eigenvalue weighted by Crippen LogP contribution is -2.35. The molecule has 0 aliphatic carbocycles. The van der Waals surface area contributed by atoms with Crippen LogP contribution in [-0.4, -0.2) is 43.7 Å². The summed E-state index contributed by atoms with van der Waals surface area (Å²) in [4.78, 5) is 29.4. The molecule has 3 heterocycles. The molecule has 0 saturated carbocycles. The lowest BCUT2D eigenvalue weighted by molar-refractivity contribution is 0.0697. The van der Waals surface area contributed by atoms with Gasteiger partial charge in [-0.1, -0.05) is 46.0 Å². The number of rotatable bonds is 3. The van der Waals surface area contributed by atoms with Crippen molar-refractivity contribution >= 4 is 30.9 Å². The molecule has 184 valence electrons. The van der Waals surface area contributed by atoms with Gasteiger partial charge in [0, 0.05) is 24.4 Å². The average molecular weight is 499 g/mol. The lowest BCUT2D eigenvalue weighted by atomic mass is 9.98. The number of aromatic carboxylic acids is 1. The van der Waals surface area contributed by atoms with Gasteiger partial charge in [0.25, 0.3) is 0 Å². The number of aryl methyl sites for hydroxylation is 2. The van der Waals surface area contributed by atoms with Crippen molar-refractivity contribution in [1.82, 2.24) is 24.5 Å². The van der Waals surface area contributed by atoms with Crippen LogP contribution in [-0.2, 0) is 7.05 Å². The minimum absolute atomic E-state index is 0.143. The number of nitrogen functional groups attached to an aromatic ring is 1. The highest BCUT2D eigenvalue weighted by molar-refractivity contribution is 6.87. The summed E-state index contributed by atoms with van der Waals surface area (Å²) in [5, 5.41) is 10.2. The number of anilines is 1. The highest BCUT2D eigenvalue weighted by Gasteiger charge is 2.33. The van der Waals surface area contributed by atoms with Gasteiger partial charge in [-0.25, -0.2) is 24.7 Å². The molecule has 0 aliphatic heterocycles. The smallest absolute Gasteiger partial charge is 0.335 e. The lowest BCUT2D eigenvalue weighted by Gasteiger charge is -2.31. The van der Waals surface area contributed by atoms with E-state index in [1.807, 2.05) is 18.5 Å². The molecule has 0 saturated heterocycles. The number of carboxylic acids is 1. The first-order valence-electron chi connectivity index (χ1n) is 11.6. The van der Waals surface area contributed by atoms with Crippen molar-refractivity contribution in [3.63, 3.8) is 0 Å². The minimum atomic E-state index is -1.80. The molecule has 0 bridgehead atoms. The second-order valence-corrected chi connectivity index (χ2v) is 15.4. The molecule has 4 rings (SSSR count). The number of nitrogens with two attached hydrogens (primary N) is 1. The van der Waals surface area contributed by atoms with Gasteiger partial charge in [-0.2, -0.15) is 0 Å². The normalized spacial score (nSPS) is 11.9. The number of nitrogens with zero attached hydrogens (tertiary/aromatic N) is 5. The van der Waals surface area contributed by atoms with Gasteiger partial charge in [-0.15, -0.1) is 5.54 Å². The van der Waals surface area contributed by atoms with Gasteiger partial charge in [-0.05, 0) is 35.6 Å². The second-order valence-electron chi connectivity index (χ2n) is 10.4. The summed E-state index contributed by atoms with van der Waals surface area (Å²) < 4.78 is 1.94. The highest BCUT2D eigenvalue weighted by Crippen LogP contribution is 2.42. The SMILES string of the molecule is Cc1nc(C#C[Si](C)(C)C(C)(C)C)ncc1-c1c(-c2ccc(C(=O)O)cc2)c2c(N)ncnc2n1C. The first kappa shape index (κ1) is 25.1. The molecule has 3 N–H and O–H groups in total. The Morgan fingerprint density at radius 1 is 1.11 bits per heavy atom. The van der Waals surface area contributed by atoms with Crippen LogP contribution in [0.2, 0.25) is 18.1 Å². The van der Waals surface area contributed by atoms with Crippen LogP contribution in [0.4, 0.5) is 5.82 Å². The van der Waals surface area contributed by atoms with Crippen LogP contribution >= 0.6 is 0 Å². The van der Waals surface area contributed by atoms with Crippen LogP contribution in [0.1, 0.15) is 42.6 Å². The molecule has 0 fully saturated rings. The molecule has 4 aromatic rings. The number of carbonyl (C=O) groups is 1. The molecular formula is C27H30N6O2Si. The molecular weight excluding hydrogens is 468 g/mol. The van der Waals surface area contributed by atoms with Gasteiger partial charge in [0.05, 0.1) is 22.3 Å². The molecule has 36 heavy (non-hydrogen) atoms. The third-order valence-electron chi connectivity index (χ3n) is 7.01. The van der Waals surface area contributed by atoms with Crippen molar-refractivity contribution in [3.05, 3.63) is 53.9 Å². The molecule has 9 heteroatoms. The average Bonchev–Trinajstić information content (AvgIpc) is 3.10. The maximum atomic E-state index is 11.4. The molecule has 0 atom stereocenters. The third-order valence-corrected chi connectivity index (χ3v) is 11.5. The number of benzene rings is 1. The molecule has 0 aliphatic rings. The van der Waals surface area contributed by atoms with E-state index in [-0.39, 0.29) is 10.6 Å². The summed E-state index contributed by atoms with van der Waals surface area (Å²) in [5.41, 5.74) is 14.6. The molecule has 0 spiro atoms. The maximum Gasteiger partial charge on any atom is 0.335 e. The van der Waals surface area contributed by atoms with E-state index in [2.05, 4.69) is 60.3 Å². The van der Waals surface area contributed by atoms with Crippen LogP contribution in [0.15, 0.2) is 36.8 Å². The van der Waals surface area contributed by atoms with Crippen LogP contribution < -0.4 is 5.73 Å². The number of carboxylic acid groups (broad SMARTS) is 1. The Kier molecular flexibility index (Phi) is 6.18. The minimum Gasteiger partial charge on any atom is -0.478 e. The zero-order chi connectivity index (χ0) is 26.4. The third kappa shape index (κ3) is 4.36. The van der Waals surface area contributed by atoms with Crippen LogP contribution in [0.3, 0.4) is 0 Å². The fourth-order valence-corrected chi connectivity index (χ4v) is 4.61. The molecule has 1 aromatic carbocycles. The van der Waals surface area contributed by atoms with E-state index in [1.165, 1.54) is 6.33 Å². The Morgan fingerprint density at radius 3 is 2.36 bits per heavy atom. The van der Waals surface area contributed by atoms with E-state index in [0.29, 0.717) is 22.7 Å². The number of aromatic nitrogens is 5. The van der Waals surface area contributed by atoms with Crippen LogP contribution in [0.25, 0.3) is 33.4 Å². The monoisotopic (exact) mass is 498 g/mol. The van der Waals surface area contributed by atoms with Crippen molar-refractivity contribution in [2.45, 2.75) is 45.8 Å². The largest absolute Gasteiger partial charge is 0.478 e. The summed E-state index contributed by atoms with van der Waals surface area (Å²) in [5.74, 6) is 3.06. The fourth-order valence-electron chi connectivity index (χ4n) is 3.81. The predicted octanol–water partition coefficient (Wildman–Crippen LogP) is 5.08. The van der Waals surface area contributed by atoms with E-state index in [4.69, 9.17) is 10.7 Å². The van der Waals surface area contributed by atoms with E-state index >= 15 is 0 Å². The Labute approximate surface area is 211 Å². The molecule has 0 amide bonds. The van der Waals surface area contributed by atoms with E-state index in [1.54, 1.807) is 30.5 Å². The van der Waals surface area contributed by atoms with E-state index in [0.717, 1.165) is 28.1 Å². The van der Waals surface area contributed by atoms with Gasteiger partial charge in [0.2, 0.25) is 5.82 Å². The Morgan fingerprint density at radius 2 is 1.78 bits per heavy atom. The van der Waals surface area contributed by atoms with Gasteiger partial charge in [0.1, 0.15) is 25.9 Å². The van der Waals surface area contributed by atoms with E-state index in [9.17, 15) is 9.90 Å². The number of hydrogen-bond donors (Lipinski definition) is 2. The predicted molar refractivity (Wildman–Crippen MR) is 145 cm³/mol. The van der Waals surface area contributed by atoms with Crippen molar-refractivity contribution in [2.24, 2.45) is 7.05 Å². The zero-order valence-electron chi connectivity index (χ0n) is 21.6. The summed E-state index contributed by atoms with van der Waals surface area (Å²) in [6.45, 7) is 13.1. The molecule has 0 radical (unpaired) electrons. The quantitative estimate of drug-likeness (QED) is 0.298. The van der Waals surface area contributed by atoms with E-state index < -0.39 is 14.0 Å². The van der Waals surface area contributed by atoms with Crippen molar-refractivity contribution < 1.29 is 9.90 Å². The second kappa shape index (κ2) is 8.88. The topological polar surface area (TPSA) is 120 Å². The van der Waals surface area contributed by atoms with Gasteiger partial charge >= 0.3 is 5.97 Å². The number of fused-ring (bicyclic) bond motifs is 1. The fraction of sp³-hybridized carbons (Fsp3) is 0.296. The first-order valence-corrected chi connectivity index (χ1v) is 14.6. The number of hydrogen-bond acceptors (Lipinski definition) is 6. The van der Waals surface area contributed by atoms with Crippen molar-refractivity contribution in [1.29, 1.82) is 0 Å². The molecule has 3 aromatic heterocycles. The summed E-state index contributed by atoms with van der Waals surface area (Å²) >= 11 is 0. The Bertz CT molecular complexity index is 1550. The summed E-state index contributed by atoms with van der Waals surface area (Å²) in [6.07, 6.45) is 3.21. The van der Waals surface area contributed by atoms with Gasteiger partial charge in [-0.3, -0.25) is 0 Å². The Hall–Kier alpha value is -4.03. The maximum absolute atomic E-state index is 11.4. The molecule has 8 nitrogen and oxygen atoms in total. The molecule has 0 unspecified atom stereocenters. The first-order chi connectivity index (χ1) is 16.8. The van der Waals surface area contributed by atoms with Crippen LogP contribution in [0.5, 0.6) is 0 Å². The highest BCUT2D eigenvalue weighted by atomic mass is 28.3. The van der Waals surface area contributed by atoms with Gasteiger partial charge < -0.3 is 15.4 Å². The van der Waals surface area contributed by atoms with Gasteiger partial charge in [0.15, 0.2) is 0 Å². The standard InChI is InChI=1S/C27H30N6O2Si/c1-16-19(14-29-20(32-16)12-13-36(6,7)27(2,3)4)23-21(17-8-10-18(11-9-17)26(34)35)22-24(28)30-15-31-25(22)33(23)5/h8-11,14-15H,1-7H3,(H,34,35)(H2,28,30,31). The zero-order valence-corrected chi connectivity index (χ0v) is 22.6. The Balaban J connectivity index is 1.91.